The van der Waals surface area contributed by atoms with Gasteiger partial charge in [0, 0.05) is 19.0 Å². The molecule has 2 unspecified atom stereocenters. The van der Waals surface area contributed by atoms with Crippen LogP contribution in [-0.2, 0) is 14.3 Å². The molecule has 0 bridgehead atoms. The summed E-state index contributed by atoms with van der Waals surface area (Å²) in [6.07, 6.45) is 3.17. The van der Waals surface area contributed by atoms with Crippen LogP contribution >= 0.6 is 0 Å². The molecule has 2 atom stereocenters. The van der Waals surface area contributed by atoms with E-state index >= 15 is 0 Å². The Hall–Kier alpha value is -2.35. The molecule has 1 saturated heterocycles. The van der Waals surface area contributed by atoms with Gasteiger partial charge in [0.2, 0.25) is 5.91 Å². The predicted molar refractivity (Wildman–Crippen MR) is 87.7 cm³/mol. The molecule has 1 aromatic rings. The summed E-state index contributed by atoms with van der Waals surface area (Å²) in [7, 11) is 0. The number of esters is 1. The van der Waals surface area contributed by atoms with Gasteiger partial charge in [-0.1, -0.05) is 12.1 Å². The van der Waals surface area contributed by atoms with E-state index < -0.39 is 6.10 Å². The molecule has 5 nitrogen and oxygen atoms in total. The lowest BCUT2D eigenvalue weighted by atomic mass is 9.97. The van der Waals surface area contributed by atoms with Gasteiger partial charge in [0.05, 0.1) is 17.6 Å². The Kier molecular flexibility index (Phi) is 4.84. The molecule has 2 fully saturated rings. The molecule has 2 aliphatic rings. The predicted octanol–water partition coefficient (Wildman–Crippen LogP) is 2.81. The van der Waals surface area contributed by atoms with Crippen molar-refractivity contribution in [2.75, 3.05) is 13.1 Å². The molecule has 5 heteroatoms. The van der Waals surface area contributed by atoms with Crippen molar-refractivity contribution in [1.29, 1.82) is 5.26 Å². The summed E-state index contributed by atoms with van der Waals surface area (Å²) < 4.78 is 5.59. The molecule has 0 N–H and O–H groups in total. The summed E-state index contributed by atoms with van der Waals surface area (Å²) >= 11 is 0. The summed E-state index contributed by atoms with van der Waals surface area (Å²) in [5, 5.41) is 8.97. The van der Waals surface area contributed by atoms with Crippen LogP contribution in [0.15, 0.2) is 24.3 Å². The highest BCUT2D eigenvalue weighted by Crippen LogP contribution is 2.33. The zero-order chi connectivity index (χ0) is 17.1. The number of nitrogens with zero attached hydrogens (tertiary/aromatic N) is 2. The van der Waals surface area contributed by atoms with E-state index in [-0.39, 0.29) is 23.7 Å². The van der Waals surface area contributed by atoms with Gasteiger partial charge >= 0.3 is 5.97 Å². The lowest BCUT2D eigenvalue weighted by Crippen LogP contribution is -2.43. The fourth-order valence-corrected chi connectivity index (χ4v) is 3.16. The number of amides is 1. The molecule has 1 aliphatic heterocycles. The van der Waals surface area contributed by atoms with Crippen LogP contribution < -0.4 is 0 Å². The SMILES string of the molecule is CC(OC(=O)C1CCCN(C(=O)C2CC2)C1)c1cccc(C#N)c1. The molecule has 1 aliphatic carbocycles. The third kappa shape index (κ3) is 3.76. The first-order valence-electron chi connectivity index (χ1n) is 8.58. The average Bonchev–Trinajstić information content (AvgIpc) is 3.46. The second-order valence-electron chi connectivity index (χ2n) is 6.71. The van der Waals surface area contributed by atoms with Crippen molar-refractivity contribution in [3.63, 3.8) is 0 Å². The monoisotopic (exact) mass is 326 g/mol. The number of benzene rings is 1. The normalized spacial score (nSPS) is 21.7. The van der Waals surface area contributed by atoms with Gasteiger partial charge in [0.1, 0.15) is 6.10 Å². The standard InChI is InChI=1S/C19H22N2O3/c1-13(16-5-2-4-14(10-16)11-20)24-19(23)17-6-3-9-21(12-17)18(22)15-7-8-15/h2,4-5,10,13,15,17H,3,6-9,12H2,1H3. The lowest BCUT2D eigenvalue weighted by Gasteiger charge is -2.32. The van der Waals surface area contributed by atoms with Crippen molar-refractivity contribution in [2.45, 2.75) is 38.7 Å². The summed E-state index contributed by atoms with van der Waals surface area (Å²) in [5.41, 5.74) is 1.36. The van der Waals surface area contributed by atoms with E-state index in [0.717, 1.165) is 37.8 Å². The van der Waals surface area contributed by atoms with Gasteiger partial charge in [-0.3, -0.25) is 9.59 Å². The third-order valence-electron chi connectivity index (χ3n) is 4.77. The van der Waals surface area contributed by atoms with Gasteiger partial charge in [0.25, 0.3) is 0 Å². The molecular weight excluding hydrogens is 304 g/mol. The smallest absolute Gasteiger partial charge is 0.311 e. The molecule has 1 aromatic carbocycles. The third-order valence-corrected chi connectivity index (χ3v) is 4.77. The van der Waals surface area contributed by atoms with Gasteiger partial charge in [-0.2, -0.15) is 5.26 Å². The minimum absolute atomic E-state index is 0.187. The summed E-state index contributed by atoms with van der Waals surface area (Å²) in [5.74, 6) is -0.115. The molecule has 24 heavy (non-hydrogen) atoms. The fraction of sp³-hybridized carbons (Fsp3) is 0.526. The van der Waals surface area contributed by atoms with E-state index in [2.05, 4.69) is 6.07 Å². The molecule has 0 radical (unpaired) electrons. The first-order chi connectivity index (χ1) is 11.6. The quantitative estimate of drug-likeness (QED) is 0.798. The lowest BCUT2D eigenvalue weighted by molar-refractivity contribution is -0.156. The Morgan fingerprint density at radius 2 is 2.08 bits per heavy atom. The maximum atomic E-state index is 12.5. The first kappa shape index (κ1) is 16.5. The second-order valence-corrected chi connectivity index (χ2v) is 6.71. The minimum atomic E-state index is -0.402. The van der Waals surface area contributed by atoms with Crippen molar-refractivity contribution in [1.82, 2.24) is 4.90 Å². The molecule has 126 valence electrons. The van der Waals surface area contributed by atoms with E-state index in [1.807, 2.05) is 17.9 Å². The van der Waals surface area contributed by atoms with Crippen LogP contribution in [0, 0.1) is 23.2 Å². The number of carbonyl (C=O) groups is 2. The van der Waals surface area contributed by atoms with Crippen molar-refractivity contribution in [2.24, 2.45) is 11.8 Å². The Bertz CT molecular complexity index is 675. The highest BCUT2D eigenvalue weighted by Gasteiger charge is 2.37. The largest absolute Gasteiger partial charge is 0.458 e. The van der Waals surface area contributed by atoms with E-state index in [4.69, 9.17) is 10.00 Å². The van der Waals surface area contributed by atoms with Crippen LogP contribution in [0.3, 0.4) is 0 Å². The van der Waals surface area contributed by atoms with Crippen LogP contribution in [0.5, 0.6) is 0 Å². The Morgan fingerprint density at radius 3 is 2.79 bits per heavy atom. The van der Waals surface area contributed by atoms with Crippen LogP contribution in [0.25, 0.3) is 0 Å². The van der Waals surface area contributed by atoms with Crippen LogP contribution in [0.1, 0.15) is 49.8 Å². The second kappa shape index (κ2) is 7.04. The molecule has 0 aromatic heterocycles. The van der Waals surface area contributed by atoms with Crippen molar-refractivity contribution >= 4 is 11.9 Å². The summed E-state index contributed by atoms with van der Waals surface area (Å²) in [6.45, 7) is 3.03. The van der Waals surface area contributed by atoms with E-state index in [1.165, 1.54) is 0 Å². The Balaban J connectivity index is 1.59. The number of carbonyl (C=O) groups excluding carboxylic acids is 2. The molecular formula is C19H22N2O3. The number of hydrogen-bond acceptors (Lipinski definition) is 4. The summed E-state index contributed by atoms with van der Waals surface area (Å²) in [6, 6.07) is 9.19. The van der Waals surface area contributed by atoms with Crippen molar-refractivity contribution in [3.8, 4) is 6.07 Å². The molecule has 1 saturated carbocycles. The number of piperidine rings is 1. The molecule has 1 heterocycles. The van der Waals surface area contributed by atoms with Gasteiger partial charge in [-0.25, -0.2) is 0 Å². The Morgan fingerprint density at radius 1 is 1.29 bits per heavy atom. The van der Waals surface area contributed by atoms with Crippen molar-refractivity contribution < 1.29 is 14.3 Å². The van der Waals surface area contributed by atoms with E-state index in [0.29, 0.717) is 12.1 Å². The van der Waals surface area contributed by atoms with Crippen LogP contribution in [-0.4, -0.2) is 29.9 Å². The number of nitriles is 1. The Labute approximate surface area is 142 Å². The number of ether oxygens (including phenoxy) is 1. The fourth-order valence-electron chi connectivity index (χ4n) is 3.16. The maximum Gasteiger partial charge on any atom is 0.311 e. The van der Waals surface area contributed by atoms with Gasteiger partial charge in [-0.05, 0) is 50.3 Å². The van der Waals surface area contributed by atoms with Gasteiger partial charge < -0.3 is 9.64 Å². The van der Waals surface area contributed by atoms with Crippen molar-refractivity contribution in [3.05, 3.63) is 35.4 Å². The maximum absolute atomic E-state index is 12.5. The topological polar surface area (TPSA) is 70.4 Å². The van der Waals surface area contributed by atoms with E-state index in [9.17, 15) is 9.59 Å². The van der Waals surface area contributed by atoms with Gasteiger partial charge in [0.15, 0.2) is 0 Å². The molecule has 1 amide bonds. The average molecular weight is 326 g/mol. The number of rotatable bonds is 4. The first-order valence-corrected chi connectivity index (χ1v) is 8.58. The number of likely N-dealkylation sites (tertiary alicyclic amines) is 1. The molecule has 0 spiro atoms. The van der Waals surface area contributed by atoms with Gasteiger partial charge in [-0.15, -0.1) is 0 Å². The number of hydrogen-bond donors (Lipinski definition) is 0. The zero-order valence-electron chi connectivity index (χ0n) is 13.9. The van der Waals surface area contributed by atoms with Crippen LogP contribution in [0.2, 0.25) is 0 Å². The summed E-state index contributed by atoms with van der Waals surface area (Å²) in [4.78, 5) is 26.5. The zero-order valence-corrected chi connectivity index (χ0v) is 13.9. The minimum Gasteiger partial charge on any atom is -0.458 e. The van der Waals surface area contributed by atoms with E-state index in [1.54, 1.807) is 18.2 Å². The highest BCUT2D eigenvalue weighted by molar-refractivity contribution is 5.82. The highest BCUT2D eigenvalue weighted by atomic mass is 16.5. The van der Waals surface area contributed by atoms with Crippen LogP contribution in [0.4, 0.5) is 0 Å². The molecule has 3 rings (SSSR count).